The van der Waals surface area contributed by atoms with Gasteiger partial charge in [0.2, 0.25) is 0 Å². The minimum atomic E-state index is -0.949. The molecular formula is C26H29NO4. The minimum Gasteiger partial charge on any atom is -0.388 e. The topological polar surface area (TPSA) is 71.8 Å². The second-order valence-electron chi connectivity index (χ2n) is 7.26. The van der Waals surface area contributed by atoms with E-state index in [0.29, 0.717) is 19.8 Å². The average molecular weight is 420 g/mol. The molecule has 0 fully saturated rings. The molecule has 0 heterocycles. The van der Waals surface area contributed by atoms with E-state index in [0.717, 1.165) is 16.7 Å². The molecule has 0 aromatic heterocycles. The van der Waals surface area contributed by atoms with E-state index < -0.39 is 18.3 Å². The molecule has 0 bridgehead atoms. The van der Waals surface area contributed by atoms with Gasteiger partial charge in [0.15, 0.2) is 0 Å². The smallest absolute Gasteiger partial charge is 0.121 e. The van der Waals surface area contributed by atoms with Crippen molar-refractivity contribution in [1.29, 1.82) is 5.41 Å². The predicted molar refractivity (Wildman–Crippen MR) is 121 cm³/mol. The summed E-state index contributed by atoms with van der Waals surface area (Å²) in [6, 6.07) is 29.3. The van der Waals surface area contributed by atoms with Gasteiger partial charge in [0.1, 0.15) is 18.3 Å². The van der Waals surface area contributed by atoms with E-state index in [9.17, 15) is 5.11 Å². The van der Waals surface area contributed by atoms with Gasteiger partial charge in [-0.25, -0.2) is 0 Å². The zero-order valence-corrected chi connectivity index (χ0v) is 17.5. The summed E-state index contributed by atoms with van der Waals surface area (Å²) in [6.45, 7) is 1.10. The van der Waals surface area contributed by atoms with Crippen LogP contribution in [0.4, 0.5) is 0 Å². The number of benzene rings is 3. The van der Waals surface area contributed by atoms with Gasteiger partial charge in [-0.15, -0.1) is 0 Å². The fraction of sp³-hybridized carbons (Fsp3) is 0.269. The molecule has 5 nitrogen and oxygen atoms in total. The van der Waals surface area contributed by atoms with Crippen LogP contribution < -0.4 is 0 Å². The summed E-state index contributed by atoms with van der Waals surface area (Å²) in [7, 11) is 0. The zero-order valence-electron chi connectivity index (χ0n) is 17.5. The van der Waals surface area contributed by atoms with E-state index in [2.05, 4.69) is 0 Å². The van der Waals surface area contributed by atoms with Crippen LogP contribution in [0.1, 0.15) is 16.7 Å². The van der Waals surface area contributed by atoms with Crippen LogP contribution in [-0.4, -0.2) is 36.2 Å². The molecule has 0 aliphatic heterocycles. The van der Waals surface area contributed by atoms with Gasteiger partial charge in [0, 0.05) is 6.21 Å². The van der Waals surface area contributed by atoms with Gasteiger partial charge in [-0.3, -0.25) is 0 Å². The third-order valence-corrected chi connectivity index (χ3v) is 4.84. The number of aliphatic hydroxyl groups is 1. The summed E-state index contributed by atoms with van der Waals surface area (Å²) in [5, 5.41) is 18.7. The molecule has 0 amide bonds. The number of hydrogen-bond acceptors (Lipinski definition) is 5. The largest absolute Gasteiger partial charge is 0.388 e. The Labute approximate surface area is 183 Å². The summed E-state index contributed by atoms with van der Waals surface area (Å²) in [6.07, 6.45) is -1.22. The molecular weight excluding hydrogens is 390 g/mol. The second-order valence-corrected chi connectivity index (χ2v) is 7.26. The third-order valence-electron chi connectivity index (χ3n) is 4.84. The summed E-state index contributed by atoms with van der Waals surface area (Å²) in [5.74, 6) is 0. The first-order valence-corrected chi connectivity index (χ1v) is 10.4. The van der Waals surface area contributed by atoms with Gasteiger partial charge in [-0.2, -0.15) is 0 Å². The molecule has 3 aromatic carbocycles. The van der Waals surface area contributed by atoms with Crippen LogP contribution in [0.3, 0.4) is 0 Å². The Bertz CT molecular complexity index is 874. The van der Waals surface area contributed by atoms with E-state index in [1.807, 2.05) is 91.0 Å². The van der Waals surface area contributed by atoms with Gasteiger partial charge >= 0.3 is 0 Å². The molecule has 5 heteroatoms. The number of hydrogen-bond donors (Lipinski definition) is 2. The van der Waals surface area contributed by atoms with E-state index in [1.54, 1.807) is 0 Å². The number of nitrogens with one attached hydrogen (secondary N) is 1. The molecule has 0 aliphatic rings. The van der Waals surface area contributed by atoms with E-state index in [1.165, 1.54) is 6.21 Å². The molecule has 3 aromatic rings. The van der Waals surface area contributed by atoms with Crippen molar-refractivity contribution in [3.05, 3.63) is 108 Å². The summed E-state index contributed by atoms with van der Waals surface area (Å²) in [5.41, 5.74) is 3.00. The third kappa shape index (κ3) is 7.74. The highest BCUT2D eigenvalue weighted by atomic mass is 16.6. The molecule has 0 unspecified atom stereocenters. The monoisotopic (exact) mass is 419 g/mol. The Morgan fingerprint density at radius 1 is 0.677 bits per heavy atom. The van der Waals surface area contributed by atoms with Crippen LogP contribution in [-0.2, 0) is 34.0 Å². The Balaban J connectivity index is 1.62. The maximum Gasteiger partial charge on any atom is 0.121 e. The lowest BCUT2D eigenvalue weighted by atomic mass is 10.1. The molecule has 0 radical (unpaired) electrons. The van der Waals surface area contributed by atoms with E-state index in [-0.39, 0.29) is 6.61 Å². The van der Waals surface area contributed by atoms with Gasteiger partial charge in [0.25, 0.3) is 0 Å². The van der Waals surface area contributed by atoms with Crippen LogP contribution >= 0.6 is 0 Å². The maximum absolute atomic E-state index is 10.8. The molecule has 0 aliphatic carbocycles. The second kappa shape index (κ2) is 12.8. The van der Waals surface area contributed by atoms with Crippen molar-refractivity contribution in [2.24, 2.45) is 0 Å². The minimum absolute atomic E-state index is 0.0768. The average Bonchev–Trinajstić information content (AvgIpc) is 2.83. The van der Waals surface area contributed by atoms with Crippen LogP contribution in [0.25, 0.3) is 0 Å². The molecule has 0 spiro atoms. The van der Waals surface area contributed by atoms with Crippen molar-refractivity contribution >= 4 is 6.21 Å². The first-order valence-electron chi connectivity index (χ1n) is 10.4. The fourth-order valence-electron chi connectivity index (χ4n) is 3.16. The summed E-state index contributed by atoms with van der Waals surface area (Å²) >= 11 is 0. The lowest BCUT2D eigenvalue weighted by Gasteiger charge is -2.29. The van der Waals surface area contributed by atoms with Gasteiger partial charge < -0.3 is 24.7 Å². The van der Waals surface area contributed by atoms with Gasteiger partial charge in [0.05, 0.1) is 26.4 Å². The molecule has 0 saturated carbocycles. The Hall–Kier alpha value is -2.83. The molecule has 3 rings (SSSR count). The first-order chi connectivity index (χ1) is 15.3. The van der Waals surface area contributed by atoms with Crippen molar-refractivity contribution < 1.29 is 19.3 Å². The highest BCUT2D eigenvalue weighted by Crippen LogP contribution is 2.15. The van der Waals surface area contributed by atoms with Crippen molar-refractivity contribution in [1.82, 2.24) is 0 Å². The lowest BCUT2D eigenvalue weighted by molar-refractivity contribution is -0.127. The van der Waals surface area contributed by atoms with Crippen LogP contribution in [0.15, 0.2) is 91.0 Å². The number of aliphatic hydroxyl groups excluding tert-OH is 1. The Morgan fingerprint density at radius 3 is 1.61 bits per heavy atom. The number of ether oxygens (including phenoxy) is 3. The van der Waals surface area contributed by atoms with Crippen molar-refractivity contribution in [2.45, 2.75) is 38.1 Å². The fourth-order valence-corrected chi connectivity index (χ4v) is 3.16. The summed E-state index contributed by atoms with van der Waals surface area (Å²) < 4.78 is 17.7. The highest BCUT2D eigenvalue weighted by molar-refractivity contribution is 5.60. The zero-order chi connectivity index (χ0) is 21.7. The molecule has 2 N–H and O–H groups in total. The van der Waals surface area contributed by atoms with Gasteiger partial charge in [-0.05, 0) is 16.7 Å². The maximum atomic E-state index is 10.8. The lowest BCUT2D eigenvalue weighted by Crippen LogP contribution is -2.44. The van der Waals surface area contributed by atoms with Crippen LogP contribution in [0.2, 0.25) is 0 Å². The predicted octanol–water partition coefficient (Wildman–Crippen LogP) is 4.38. The summed E-state index contributed by atoms with van der Waals surface area (Å²) in [4.78, 5) is 0. The quantitative estimate of drug-likeness (QED) is 0.403. The van der Waals surface area contributed by atoms with Crippen molar-refractivity contribution in [2.75, 3.05) is 6.61 Å². The Kier molecular flexibility index (Phi) is 9.41. The first kappa shape index (κ1) is 22.8. The standard InChI is InChI=1S/C26H29NO4/c27-16-25(30-18-22-12-6-2-7-13-22)26(31-19-23-14-8-3-9-15-23)24(28)20-29-17-21-10-4-1-5-11-21/h1-16,24-28H,17-20H2/t24-,25-,26-/m1/s1. The Morgan fingerprint density at radius 2 is 1.13 bits per heavy atom. The number of rotatable bonds is 13. The van der Waals surface area contributed by atoms with Gasteiger partial charge in [-0.1, -0.05) is 91.0 Å². The molecule has 0 saturated heterocycles. The molecule has 31 heavy (non-hydrogen) atoms. The highest BCUT2D eigenvalue weighted by Gasteiger charge is 2.29. The molecule has 162 valence electrons. The van der Waals surface area contributed by atoms with Crippen LogP contribution in [0.5, 0.6) is 0 Å². The van der Waals surface area contributed by atoms with E-state index in [4.69, 9.17) is 19.6 Å². The normalized spacial score (nSPS) is 14.0. The van der Waals surface area contributed by atoms with E-state index >= 15 is 0 Å². The SMILES string of the molecule is N=C[C@@H](OCc1ccccc1)[C@H](OCc1ccccc1)[C@H](O)COCc1ccccc1. The van der Waals surface area contributed by atoms with Crippen molar-refractivity contribution in [3.8, 4) is 0 Å². The van der Waals surface area contributed by atoms with Crippen molar-refractivity contribution in [3.63, 3.8) is 0 Å². The van der Waals surface area contributed by atoms with Crippen LogP contribution in [0, 0.1) is 5.41 Å². The molecule has 3 atom stereocenters.